The molecule has 15 heavy (non-hydrogen) atoms. The van der Waals surface area contributed by atoms with Gasteiger partial charge < -0.3 is 15.2 Å². The van der Waals surface area contributed by atoms with Gasteiger partial charge in [0.05, 0.1) is 6.10 Å². The van der Waals surface area contributed by atoms with E-state index < -0.39 is 0 Å². The van der Waals surface area contributed by atoms with Crippen molar-refractivity contribution >= 4 is 0 Å². The van der Waals surface area contributed by atoms with Gasteiger partial charge in [0.15, 0.2) is 0 Å². The highest BCUT2D eigenvalue weighted by Crippen LogP contribution is 2.27. The minimum absolute atomic E-state index is 0.227. The second-order valence-electron chi connectivity index (χ2n) is 5.06. The highest BCUT2D eigenvalue weighted by molar-refractivity contribution is 4.84. The monoisotopic (exact) mass is 213 g/mol. The molecule has 3 atom stereocenters. The molecule has 0 spiro atoms. The van der Waals surface area contributed by atoms with Gasteiger partial charge in [-0.3, -0.25) is 0 Å². The smallest absolute Gasteiger partial charge is 0.0752 e. The zero-order chi connectivity index (χ0) is 10.7. The summed E-state index contributed by atoms with van der Waals surface area (Å²) < 4.78 is 11.1. The lowest BCUT2D eigenvalue weighted by Crippen LogP contribution is -2.40. The summed E-state index contributed by atoms with van der Waals surface area (Å²) in [7, 11) is 0. The van der Waals surface area contributed by atoms with Crippen molar-refractivity contribution < 1.29 is 9.47 Å². The molecule has 88 valence electrons. The fourth-order valence-corrected chi connectivity index (χ4v) is 2.77. The first-order chi connectivity index (χ1) is 7.27. The molecule has 0 aromatic rings. The van der Waals surface area contributed by atoms with Gasteiger partial charge in [-0.25, -0.2) is 0 Å². The molecular formula is C12H23NO2. The number of rotatable bonds is 3. The van der Waals surface area contributed by atoms with Crippen LogP contribution in [0.5, 0.6) is 0 Å². The van der Waals surface area contributed by atoms with Crippen molar-refractivity contribution in [3.05, 3.63) is 0 Å². The third-order valence-corrected chi connectivity index (χ3v) is 3.81. The zero-order valence-electron chi connectivity index (χ0n) is 9.65. The van der Waals surface area contributed by atoms with E-state index in [1.54, 1.807) is 0 Å². The fourth-order valence-electron chi connectivity index (χ4n) is 2.77. The summed E-state index contributed by atoms with van der Waals surface area (Å²) in [6.45, 7) is 4.98. The van der Waals surface area contributed by atoms with Gasteiger partial charge in [0.1, 0.15) is 0 Å². The lowest BCUT2D eigenvalue weighted by atomic mass is 9.87. The van der Waals surface area contributed by atoms with Crippen LogP contribution in [-0.2, 0) is 9.47 Å². The quantitative estimate of drug-likeness (QED) is 0.773. The van der Waals surface area contributed by atoms with Gasteiger partial charge >= 0.3 is 0 Å². The van der Waals surface area contributed by atoms with Crippen molar-refractivity contribution in [2.45, 2.75) is 44.8 Å². The van der Waals surface area contributed by atoms with Crippen LogP contribution in [0.2, 0.25) is 0 Å². The summed E-state index contributed by atoms with van der Waals surface area (Å²) in [5.74, 6) is 1.39. The van der Waals surface area contributed by atoms with E-state index in [0.29, 0.717) is 12.0 Å². The first-order valence-electron chi connectivity index (χ1n) is 6.22. The molecule has 2 rings (SSSR count). The highest BCUT2D eigenvalue weighted by Gasteiger charge is 2.31. The fraction of sp³-hybridized carbons (Fsp3) is 1.00. The molecule has 0 radical (unpaired) electrons. The second kappa shape index (κ2) is 5.28. The molecule has 3 unspecified atom stereocenters. The van der Waals surface area contributed by atoms with Crippen LogP contribution in [-0.4, -0.2) is 32.0 Å². The Morgan fingerprint density at radius 2 is 1.93 bits per heavy atom. The lowest BCUT2D eigenvalue weighted by molar-refractivity contribution is 0.0376. The lowest BCUT2D eigenvalue weighted by Gasteiger charge is -2.28. The normalized spacial score (nSPS) is 35.6. The van der Waals surface area contributed by atoms with E-state index in [1.807, 2.05) is 0 Å². The van der Waals surface area contributed by atoms with E-state index in [1.165, 1.54) is 19.3 Å². The first kappa shape index (κ1) is 11.4. The van der Waals surface area contributed by atoms with Gasteiger partial charge in [-0.05, 0) is 37.5 Å². The van der Waals surface area contributed by atoms with E-state index in [-0.39, 0.29) is 6.04 Å². The molecule has 2 N–H and O–H groups in total. The van der Waals surface area contributed by atoms with Gasteiger partial charge in [-0.15, -0.1) is 0 Å². The first-order valence-corrected chi connectivity index (χ1v) is 6.22. The molecule has 2 heterocycles. The third-order valence-electron chi connectivity index (χ3n) is 3.81. The van der Waals surface area contributed by atoms with Gasteiger partial charge in [0, 0.05) is 25.9 Å². The topological polar surface area (TPSA) is 44.5 Å². The second-order valence-corrected chi connectivity index (χ2v) is 5.06. The van der Waals surface area contributed by atoms with Crippen molar-refractivity contribution in [3.63, 3.8) is 0 Å². The van der Waals surface area contributed by atoms with Crippen LogP contribution in [0.1, 0.15) is 32.6 Å². The summed E-state index contributed by atoms with van der Waals surface area (Å²) >= 11 is 0. The van der Waals surface area contributed by atoms with Crippen molar-refractivity contribution in [3.8, 4) is 0 Å². The summed E-state index contributed by atoms with van der Waals surface area (Å²) in [6.07, 6.45) is 4.93. The number of hydrogen-bond acceptors (Lipinski definition) is 3. The minimum Gasteiger partial charge on any atom is -0.381 e. The summed E-state index contributed by atoms with van der Waals surface area (Å²) in [4.78, 5) is 0. The van der Waals surface area contributed by atoms with Crippen LogP contribution in [0, 0.1) is 11.8 Å². The molecule has 3 nitrogen and oxygen atoms in total. The van der Waals surface area contributed by atoms with E-state index >= 15 is 0 Å². The Kier molecular flexibility index (Phi) is 4.00. The Morgan fingerprint density at radius 3 is 2.53 bits per heavy atom. The van der Waals surface area contributed by atoms with E-state index in [4.69, 9.17) is 15.2 Å². The van der Waals surface area contributed by atoms with Crippen molar-refractivity contribution in [1.29, 1.82) is 0 Å². The van der Waals surface area contributed by atoms with Gasteiger partial charge in [0.2, 0.25) is 0 Å². The van der Waals surface area contributed by atoms with Crippen LogP contribution < -0.4 is 5.73 Å². The standard InChI is InChI=1S/C12H23NO2/c1-9-2-7-15-12(9)11(13)8-10-3-5-14-6-4-10/h9-12H,2-8,13H2,1H3. The van der Waals surface area contributed by atoms with Crippen LogP contribution in [0.4, 0.5) is 0 Å². The molecule has 0 aromatic carbocycles. The third kappa shape index (κ3) is 2.92. The van der Waals surface area contributed by atoms with Crippen molar-refractivity contribution in [2.24, 2.45) is 17.6 Å². The molecule has 0 saturated carbocycles. The van der Waals surface area contributed by atoms with Crippen LogP contribution in [0.15, 0.2) is 0 Å². The number of nitrogens with two attached hydrogens (primary N) is 1. The molecule has 0 bridgehead atoms. The SMILES string of the molecule is CC1CCOC1C(N)CC1CCOCC1. The Bertz CT molecular complexity index is 192. The Hall–Kier alpha value is -0.120. The Balaban J connectivity index is 1.77. The minimum atomic E-state index is 0.227. The van der Waals surface area contributed by atoms with Crippen molar-refractivity contribution in [1.82, 2.24) is 0 Å². The molecule has 3 heteroatoms. The maximum Gasteiger partial charge on any atom is 0.0752 e. The molecular weight excluding hydrogens is 190 g/mol. The van der Waals surface area contributed by atoms with Crippen LogP contribution in [0.3, 0.4) is 0 Å². The molecule has 0 aromatic heterocycles. The number of hydrogen-bond donors (Lipinski definition) is 1. The molecule has 0 aliphatic carbocycles. The molecule has 2 fully saturated rings. The maximum atomic E-state index is 6.23. The van der Waals surface area contributed by atoms with Crippen LogP contribution >= 0.6 is 0 Å². The van der Waals surface area contributed by atoms with E-state index in [2.05, 4.69) is 6.92 Å². The highest BCUT2D eigenvalue weighted by atomic mass is 16.5. The average Bonchev–Trinajstić information content (AvgIpc) is 2.66. The predicted octanol–water partition coefficient (Wildman–Crippen LogP) is 1.56. The van der Waals surface area contributed by atoms with Gasteiger partial charge in [0.25, 0.3) is 0 Å². The molecule has 2 aliphatic heterocycles. The summed E-state index contributed by atoms with van der Waals surface area (Å²) in [5.41, 5.74) is 6.23. The van der Waals surface area contributed by atoms with E-state index in [0.717, 1.165) is 32.2 Å². The summed E-state index contributed by atoms with van der Waals surface area (Å²) in [5, 5.41) is 0. The van der Waals surface area contributed by atoms with Gasteiger partial charge in [-0.2, -0.15) is 0 Å². The predicted molar refractivity (Wildman–Crippen MR) is 59.7 cm³/mol. The Morgan fingerprint density at radius 1 is 1.20 bits per heavy atom. The molecule has 0 amide bonds. The van der Waals surface area contributed by atoms with Crippen molar-refractivity contribution in [2.75, 3.05) is 19.8 Å². The molecule has 2 saturated heterocycles. The van der Waals surface area contributed by atoms with E-state index in [9.17, 15) is 0 Å². The maximum absolute atomic E-state index is 6.23. The molecule has 2 aliphatic rings. The zero-order valence-corrected chi connectivity index (χ0v) is 9.65. The summed E-state index contributed by atoms with van der Waals surface area (Å²) in [6, 6.07) is 0.227. The number of ether oxygens (including phenoxy) is 2. The van der Waals surface area contributed by atoms with Crippen LogP contribution in [0.25, 0.3) is 0 Å². The Labute approximate surface area is 92.3 Å². The average molecular weight is 213 g/mol. The largest absolute Gasteiger partial charge is 0.381 e. The van der Waals surface area contributed by atoms with Gasteiger partial charge in [-0.1, -0.05) is 6.92 Å².